The topological polar surface area (TPSA) is 61.7 Å². The van der Waals surface area contributed by atoms with Crippen molar-refractivity contribution < 1.29 is 9.90 Å². The second kappa shape index (κ2) is 4.79. The number of nitrogens with one attached hydrogen (secondary N) is 1. The number of hydrazone groups is 1. The summed E-state index contributed by atoms with van der Waals surface area (Å²) in [5.74, 6) is -1.05. The Balaban J connectivity index is 2.86. The van der Waals surface area contributed by atoms with Crippen molar-refractivity contribution >= 4 is 29.0 Å². The molecule has 0 amide bonds. The smallest absolute Gasteiger partial charge is 0.351 e. The van der Waals surface area contributed by atoms with Gasteiger partial charge in [-0.3, -0.25) is 5.43 Å². The number of carboxylic acid groups (broad SMARTS) is 1. The molecular formula is C10H11ClN2O2. The van der Waals surface area contributed by atoms with E-state index < -0.39 is 5.97 Å². The van der Waals surface area contributed by atoms with E-state index in [4.69, 9.17) is 16.7 Å². The van der Waals surface area contributed by atoms with Crippen LogP contribution in [-0.2, 0) is 4.79 Å². The summed E-state index contributed by atoms with van der Waals surface area (Å²) in [6.07, 6.45) is 0. The van der Waals surface area contributed by atoms with Crippen molar-refractivity contribution in [1.82, 2.24) is 0 Å². The second-order valence-corrected chi connectivity index (χ2v) is 3.51. The average molecular weight is 227 g/mol. The highest BCUT2D eigenvalue weighted by molar-refractivity contribution is 6.34. The molecule has 0 radical (unpaired) electrons. The lowest BCUT2D eigenvalue weighted by molar-refractivity contribution is -0.129. The van der Waals surface area contributed by atoms with E-state index in [9.17, 15) is 4.79 Å². The van der Waals surface area contributed by atoms with Crippen LogP contribution in [0.2, 0.25) is 5.02 Å². The molecule has 0 aliphatic carbocycles. The number of carboxylic acids is 1. The summed E-state index contributed by atoms with van der Waals surface area (Å²) in [5, 5.41) is 12.9. The van der Waals surface area contributed by atoms with Gasteiger partial charge in [-0.15, -0.1) is 0 Å². The van der Waals surface area contributed by atoms with Crippen LogP contribution >= 0.6 is 11.6 Å². The summed E-state index contributed by atoms with van der Waals surface area (Å²) in [7, 11) is 0. The van der Waals surface area contributed by atoms with E-state index in [1.54, 1.807) is 12.1 Å². The van der Waals surface area contributed by atoms with Crippen LogP contribution in [0.1, 0.15) is 12.5 Å². The summed E-state index contributed by atoms with van der Waals surface area (Å²) in [6.45, 7) is 3.29. The zero-order valence-electron chi connectivity index (χ0n) is 8.41. The molecule has 15 heavy (non-hydrogen) atoms. The van der Waals surface area contributed by atoms with Crippen molar-refractivity contribution in [2.45, 2.75) is 13.8 Å². The Labute approximate surface area is 92.6 Å². The molecule has 4 nitrogen and oxygen atoms in total. The van der Waals surface area contributed by atoms with Gasteiger partial charge in [-0.2, -0.15) is 5.10 Å². The molecule has 5 heteroatoms. The lowest BCUT2D eigenvalue weighted by Gasteiger charge is -2.05. The van der Waals surface area contributed by atoms with E-state index in [2.05, 4.69) is 10.5 Å². The highest BCUT2D eigenvalue weighted by atomic mass is 35.5. The van der Waals surface area contributed by atoms with Crippen molar-refractivity contribution in [2.75, 3.05) is 5.43 Å². The van der Waals surface area contributed by atoms with Gasteiger partial charge >= 0.3 is 5.97 Å². The van der Waals surface area contributed by atoms with Gasteiger partial charge in [-0.1, -0.05) is 17.7 Å². The first kappa shape index (κ1) is 11.5. The van der Waals surface area contributed by atoms with Gasteiger partial charge in [0.25, 0.3) is 0 Å². The van der Waals surface area contributed by atoms with E-state index in [0.29, 0.717) is 10.7 Å². The van der Waals surface area contributed by atoms with Crippen LogP contribution in [0.4, 0.5) is 5.69 Å². The van der Waals surface area contributed by atoms with Gasteiger partial charge in [-0.05, 0) is 31.5 Å². The van der Waals surface area contributed by atoms with E-state index in [0.717, 1.165) is 5.56 Å². The number of carbonyl (C=O) groups is 1. The molecule has 0 fully saturated rings. The highest BCUT2D eigenvalue weighted by Crippen LogP contribution is 2.19. The van der Waals surface area contributed by atoms with Crippen LogP contribution in [0.5, 0.6) is 0 Å². The molecule has 1 aromatic rings. The fourth-order valence-electron chi connectivity index (χ4n) is 0.907. The first-order chi connectivity index (χ1) is 7.00. The Hall–Kier alpha value is -1.55. The standard InChI is InChI=1S/C10H11ClN2O2/c1-6-3-4-8(11)5-9(6)13-12-7(2)10(14)15/h3-5,13H,1-2H3,(H,14,15)/b12-7-. The van der Waals surface area contributed by atoms with Crippen LogP contribution in [0, 0.1) is 6.92 Å². The third kappa shape index (κ3) is 3.25. The summed E-state index contributed by atoms with van der Waals surface area (Å²) < 4.78 is 0. The Morgan fingerprint density at radius 2 is 2.20 bits per heavy atom. The van der Waals surface area contributed by atoms with Gasteiger partial charge in [0.1, 0.15) is 5.71 Å². The number of aryl methyl sites for hydroxylation is 1. The Morgan fingerprint density at radius 3 is 2.80 bits per heavy atom. The minimum atomic E-state index is -1.05. The molecule has 1 aromatic carbocycles. The fourth-order valence-corrected chi connectivity index (χ4v) is 1.08. The van der Waals surface area contributed by atoms with Crippen molar-refractivity contribution in [2.24, 2.45) is 5.10 Å². The molecule has 0 spiro atoms. The maximum absolute atomic E-state index is 10.5. The fraction of sp³-hybridized carbons (Fsp3) is 0.200. The molecule has 80 valence electrons. The van der Waals surface area contributed by atoms with Gasteiger partial charge in [0, 0.05) is 5.02 Å². The Kier molecular flexibility index (Phi) is 3.68. The first-order valence-electron chi connectivity index (χ1n) is 4.30. The lowest BCUT2D eigenvalue weighted by atomic mass is 10.2. The molecule has 2 N–H and O–H groups in total. The van der Waals surface area contributed by atoms with E-state index in [1.165, 1.54) is 6.92 Å². The maximum atomic E-state index is 10.5. The number of halogens is 1. The van der Waals surface area contributed by atoms with E-state index in [-0.39, 0.29) is 5.71 Å². The predicted octanol–water partition coefficient (Wildman–Crippen LogP) is 2.52. The predicted molar refractivity (Wildman–Crippen MR) is 60.6 cm³/mol. The minimum absolute atomic E-state index is 0.00521. The number of anilines is 1. The van der Waals surface area contributed by atoms with Crippen LogP contribution in [0.25, 0.3) is 0 Å². The zero-order chi connectivity index (χ0) is 11.4. The summed E-state index contributed by atoms with van der Waals surface area (Å²) in [5.41, 5.74) is 4.30. The number of hydrogen-bond acceptors (Lipinski definition) is 3. The normalized spacial score (nSPS) is 11.3. The molecule has 0 atom stereocenters. The van der Waals surface area contributed by atoms with Gasteiger partial charge in [0.05, 0.1) is 5.69 Å². The van der Waals surface area contributed by atoms with Gasteiger partial charge < -0.3 is 5.11 Å². The molecule has 0 saturated heterocycles. The number of hydrogen-bond donors (Lipinski definition) is 2. The maximum Gasteiger partial charge on any atom is 0.351 e. The molecule has 0 aliphatic heterocycles. The van der Waals surface area contributed by atoms with Crippen molar-refractivity contribution in [3.8, 4) is 0 Å². The van der Waals surface area contributed by atoms with Crippen molar-refractivity contribution in [3.05, 3.63) is 28.8 Å². The summed E-state index contributed by atoms with van der Waals surface area (Å²) in [4.78, 5) is 10.5. The molecule has 0 aliphatic rings. The van der Waals surface area contributed by atoms with Crippen molar-refractivity contribution in [3.63, 3.8) is 0 Å². The van der Waals surface area contributed by atoms with Crippen LogP contribution < -0.4 is 5.43 Å². The zero-order valence-corrected chi connectivity index (χ0v) is 9.17. The molecule has 0 heterocycles. The number of nitrogens with zero attached hydrogens (tertiary/aromatic N) is 1. The summed E-state index contributed by atoms with van der Waals surface area (Å²) in [6, 6.07) is 5.28. The Bertz CT molecular complexity index is 416. The van der Waals surface area contributed by atoms with E-state index in [1.807, 2.05) is 13.0 Å². The van der Waals surface area contributed by atoms with Gasteiger partial charge in [-0.25, -0.2) is 4.79 Å². The highest BCUT2D eigenvalue weighted by Gasteiger charge is 2.02. The van der Waals surface area contributed by atoms with Crippen LogP contribution in [-0.4, -0.2) is 16.8 Å². The average Bonchev–Trinajstić information content (AvgIpc) is 2.18. The largest absolute Gasteiger partial charge is 0.477 e. The quantitative estimate of drug-likeness (QED) is 0.615. The first-order valence-corrected chi connectivity index (χ1v) is 4.68. The van der Waals surface area contributed by atoms with Gasteiger partial charge in [0.15, 0.2) is 0 Å². The number of benzene rings is 1. The minimum Gasteiger partial charge on any atom is -0.477 e. The van der Waals surface area contributed by atoms with Crippen molar-refractivity contribution in [1.29, 1.82) is 0 Å². The third-order valence-corrected chi connectivity index (χ3v) is 2.09. The molecule has 1 rings (SSSR count). The monoisotopic (exact) mass is 226 g/mol. The third-order valence-electron chi connectivity index (χ3n) is 1.85. The van der Waals surface area contributed by atoms with E-state index >= 15 is 0 Å². The molecular weight excluding hydrogens is 216 g/mol. The molecule has 0 bridgehead atoms. The molecule has 0 unspecified atom stereocenters. The second-order valence-electron chi connectivity index (χ2n) is 3.07. The van der Waals surface area contributed by atoms with Crippen LogP contribution in [0.15, 0.2) is 23.3 Å². The number of rotatable bonds is 3. The molecule has 0 aromatic heterocycles. The lowest BCUT2D eigenvalue weighted by Crippen LogP contribution is -2.10. The summed E-state index contributed by atoms with van der Waals surface area (Å²) >= 11 is 5.79. The molecule has 0 saturated carbocycles. The van der Waals surface area contributed by atoms with Crippen LogP contribution in [0.3, 0.4) is 0 Å². The SMILES string of the molecule is C/C(=N/Nc1cc(Cl)ccc1C)C(=O)O. The van der Waals surface area contributed by atoms with Gasteiger partial charge in [0.2, 0.25) is 0 Å². The Morgan fingerprint density at radius 1 is 1.53 bits per heavy atom. The number of aliphatic carboxylic acids is 1.